The molecule has 0 radical (unpaired) electrons. The summed E-state index contributed by atoms with van der Waals surface area (Å²) in [5.41, 5.74) is 0.851. The van der Waals surface area contributed by atoms with E-state index in [9.17, 15) is 9.59 Å². The van der Waals surface area contributed by atoms with E-state index in [1.807, 2.05) is 48.5 Å². The van der Waals surface area contributed by atoms with Gasteiger partial charge in [-0.3, -0.25) is 9.59 Å². The lowest BCUT2D eigenvalue weighted by atomic mass is 9.95. The van der Waals surface area contributed by atoms with Crippen molar-refractivity contribution < 1.29 is 9.59 Å². The van der Waals surface area contributed by atoms with Crippen LogP contribution in [0.15, 0.2) is 41.1 Å². The zero-order valence-corrected chi connectivity index (χ0v) is 17.6. The minimum absolute atomic E-state index is 0.0296. The molecule has 0 bridgehead atoms. The average Bonchev–Trinajstić information content (AvgIpc) is 3.27. The van der Waals surface area contributed by atoms with E-state index in [-0.39, 0.29) is 17.7 Å². The Morgan fingerprint density at radius 3 is 2.75 bits per heavy atom. The van der Waals surface area contributed by atoms with Gasteiger partial charge in [0.15, 0.2) is 0 Å². The third kappa shape index (κ3) is 3.99. The van der Waals surface area contributed by atoms with Gasteiger partial charge in [-0.2, -0.15) is 0 Å². The maximum atomic E-state index is 13.0. The van der Waals surface area contributed by atoms with Gasteiger partial charge in [0, 0.05) is 55.2 Å². The highest BCUT2D eigenvalue weighted by Gasteiger charge is 2.38. The third-order valence-corrected chi connectivity index (χ3v) is 6.39. The number of halogens is 1. The van der Waals surface area contributed by atoms with Gasteiger partial charge in [0.05, 0.1) is 5.92 Å². The number of anilines is 1. The molecule has 2 aromatic rings. The quantitative estimate of drug-likeness (QED) is 0.726. The number of likely N-dealkylation sites (tertiary alicyclic amines) is 1. The number of aromatic nitrogens is 2. The summed E-state index contributed by atoms with van der Waals surface area (Å²) >= 11 is 3.45. The number of hydrogen-bond acceptors (Lipinski definition) is 3. The molecule has 7 heteroatoms. The van der Waals surface area contributed by atoms with E-state index in [2.05, 4.69) is 25.5 Å². The smallest absolute Gasteiger partial charge is 0.228 e. The summed E-state index contributed by atoms with van der Waals surface area (Å²) in [6.45, 7) is 5.01. The Morgan fingerprint density at radius 2 is 2.07 bits per heavy atom. The van der Waals surface area contributed by atoms with Crippen LogP contribution in [0.2, 0.25) is 0 Å². The number of benzene rings is 1. The number of aryl methyl sites for hydroxylation is 1. The van der Waals surface area contributed by atoms with E-state index < -0.39 is 0 Å². The second-order valence-electron chi connectivity index (χ2n) is 7.78. The number of carbonyl (C=O) groups is 2. The zero-order chi connectivity index (χ0) is 19.7. The minimum Gasteiger partial charge on any atom is -0.342 e. The first-order valence-electron chi connectivity index (χ1n) is 9.83. The van der Waals surface area contributed by atoms with Crippen LogP contribution in [-0.2, 0) is 16.1 Å². The summed E-state index contributed by atoms with van der Waals surface area (Å²) in [6.07, 6.45) is 6.16. The Hall–Kier alpha value is -2.15. The van der Waals surface area contributed by atoms with Crippen molar-refractivity contribution in [1.82, 2.24) is 14.5 Å². The van der Waals surface area contributed by atoms with Crippen LogP contribution in [0.3, 0.4) is 0 Å². The number of carbonyl (C=O) groups excluding carboxylic acids is 2. The Kier molecular flexibility index (Phi) is 5.53. The lowest BCUT2D eigenvalue weighted by Gasteiger charge is -2.33. The van der Waals surface area contributed by atoms with Gasteiger partial charge in [-0.1, -0.05) is 22.0 Å². The molecule has 1 atom stereocenters. The van der Waals surface area contributed by atoms with Crippen LogP contribution in [0.5, 0.6) is 0 Å². The third-order valence-electron chi connectivity index (χ3n) is 5.90. The molecule has 28 heavy (non-hydrogen) atoms. The monoisotopic (exact) mass is 444 g/mol. The minimum atomic E-state index is -0.237. The molecule has 2 saturated heterocycles. The van der Waals surface area contributed by atoms with E-state index >= 15 is 0 Å². The Bertz CT molecular complexity index is 873. The number of nitrogens with zero attached hydrogens (tertiary/aromatic N) is 4. The highest BCUT2D eigenvalue weighted by Crippen LogP contribution is 2.29. The van der Waals surface area contributed by atoms with Crippen LogP contribution in [0.25, 0.3) is 0 Å². The molecule has 4 rings (SSSR count). The van der Waals surface area contributed by atoms with Gasteiger partial charge >= 0.3 is 0 Å². The van der Waals surface area contributed by atoms with Crippen molar-refractivity contribution in [2.45, 2.75) is 32.7 Å². The average molecular weight is 445 g/mol. The van der Waals surface area contributed by atoms with Crippen molar-refractivity contribution in [3.63, 3.8) is 0 Å². The van der Waals surface area contributed by atoms with Crippen LogP contribution in [0, 0.1) is 18.8 Å². The summed E-state index contributed by atoms with van der Waals surface area (Å²) in [6, 6.07) is 7.68. The molecule has 1 unspecified atom stereocenters. The number of hydrogen-bond donors (Lipinski definition) is 0. The van der Waals surface area contributed by atoms with Crippen LogP contribution < -0.4 is 4.90 Å². The molecule has 1 aromatic carbocycles. The Labute approximate surface area is 173 Å². The predicted molar refractivity (Wildman–Crippen MR) is 111 cm³/mol. The van der Waals surface area contributed by atoms with Crippen molar-refractivity contribution in [3.8, 4) is 0 Å². The van der Waals surface area contributed by atoms with Crippen molar-refractivity contribution in [1.29, 1.82) is 0 Å². The van der Waals surface area contributed by atoms with Gasteiger partial charge in [0.25, 0.3) is 0 Å². The molecule has 2 aliphatic heterocycles. The molecule has 1 aromatic heterocycles. The van der Waals surface area contributed by atoms with E-state index in [1.165, 1.54) is 0 Å². The van der Waals surface area contributed by atoms with Crippen LogP contribution in [0.4, 0.5) is 5.69 Å². The van der Waals surface area contributed by atoms with E-state index in [4.69, 9.17) is 0 Å². The molecule has 2 aliphatic rings. The topological polar surface area (TPSA) is 58.4 Å². The number of piperidine rings is 1. The number of imidazole rings is 1. The zero-order valence-electron chi connectivity index (χ0n) is 16.1. The molecular weight excluding hydrogens is 420 g/mol. The summed E-state index contributed by atoms with van der Waals surface area (Å²) in [4.78, 5) is 33.4. The molecular formula is C21H25BrN4O2. The van der Waals surface area contributed by atoms with Crippen LogP contribution in [-0.4, -0.2) is 45.9 Å². The number of rotatable bonds is 4. The van der Waals surface area contributed by atoms with E-state index in [0.29, 0.717) is 18.9 Å². The molecule has 3 heterocycles. The Balaban J connectivity index is 1.33. The standard InChI is InChI=1S/C21H25BrN4O2/c1-15-23-7-10-25(15)13-16-5-8-24(9-6-16)21(28)17-11-20(27)26(14-17)19-4-2-3-18(22)12-19/h2-4,7,10,12,16-17H,5-6,8-9,11,13-14H2,1H3. The first kappa shape index (κ1) is 19.2. The summed E-state index contributed by atoms with van der Waals surface area (Å²) < 4.78 is 3.12. The highest BCUT2D eigenvalue weighted by molar-refractivity contribution is 9.10. The van der Waals surface area contributed by atoms with Gasteiger partial charge in [0.1, 0.15) is 5.82 Å². The second-order valence-corrected chi connectivity index (χ2v) is 8.70. The normalized spacial score (nSPS) is 20.8. The van der Waals surface area contributed by atoms with Crippen LogP contribution in [0.1, 0.15) is 25.1 Å². The van der Waals surface area contributed by atoms with Crippen molar-refractivity contribution in [2.75, 3.05) is 24.5 Å². The fraction of sp³-hybridized carbons (Fsp3) is 0.476. The fourth-order valence-corrected chi connectivity index (χ4v) is 4.62. The largest absolute Gasteiger partial charge is 0.342 e. The van der Waals surface area contributed by atoms with Gasteiger partial charge < -0.3 is 14.4 Å². The Morgan fingerprint density at radius 1 is 1.29 bits per heavy atom. The predicted octanol–water partition coefficient (Wildman–Crippen LogP) is 3.25. The first-order valence-corrected chi connectivity index (χ1v) is 10.6. The molecule has 6 nitrogen and oxygen atoms in total. The molecule has 0 saturated carbocycles. The summed E-state index contributed by atoms with van der Waals surface area (Å²) in [7, 11) is 0. The fourth-order valence-electron chi connectivity index (χ4n) is 4.24. The molecule has 2 fully saturated rings. The summed E-state index contributed by atoms with van der Waals surface area (Å²) in [5.74, 6) is 1.53. The maximum Gasteiger partial charge on any atom is 0.228 e. The second kappa shape index (κ2) is 8.07. The number of amides is 2. The molecule has 0 aliphatic carbocycles. The summed E-state index contributed by atoms with van der Waals surface area (Å²) in [5, 5.41) is 0. The maximum absolute atomic E-state index is 13.0. The lowest BCUT2D eigenvalue weighted by Crippen LogP contribution is -2.43. The van der Waals surface area contributed by atoms with Crippen molar-refractivity contribution >= 4 is 33.4 Å². The van der Waals surface area contributed by atoms with Gasteiger partial charge in [-0.25, -0.2) is 4.98 Å². The van der Waals surface area contributed by atoms with Crippen molar-refractivity contribution in [3.05, 3.63) is 47.0 Å². The lowest BCUT2D eigenvalue weighted by molar-refractivity contribution is -0.137. The molecule has 2 amide bonds. The van der Waals surface area contributed by atoms with Crippen molar-refractivity contribution in [2.24, 2.45) is 11.8 Å². The highest BCUT2D eigenvalue weighted by atomic mass is 79.9. The molecule has 0 N–H and O–H groups in total. The SMILES string of the molecule is Cc1nccn1CC1CCN(C(=O)C2CC(=O)N(c3cccc(Br)c3)C2)CC1. The van der Waals surface area contributed by atoms with Gasteiger partial charge in [0.2, 0.25) is 11.8 Å². The molecule has 0 spiro atoms. The van der Waals surface area contributed by atoms with Crippen LogP contribution >= 0.6 is 15.9 Å². The van der Waals surface area contributed by atoms with E-state index in [1.54, 1.807) is 4.90 Å². The van der Waals surface area contributed by atoms with Gasteiger partial charge in [-0.05, 0) is 43.9 Å². The molecule has 148 valence electrons. The first-order chi connectivity index (χ1) is 13.5. The van der Waals surface area contributed by atoms with Gasteiger partial charge in [-0.15, -0.1) is 0 Å². The van der Waals surface area contributed by atoms with E-state index in [0.717, 1.165) is 48.5 Å².